The van der Waals surface area contributed by atoms with Crippen molar-refractivity contribution in [1.29, 1.82) is 0 Å². The third-order valence-corrected chi connectivity index (χ3v) is 4.43. The van der Waals surface area contributed by atoms with Gasteiger partial charge < -0.3 is 20.1 Å². The van der Waals surface area contributed by atoms with Gasteiger partial charge in [0.2, 0.25) is 11.8 Å². The van der Waals surface area contributed by atoms with Crippen molar-refractivity contribution in [1.82, 2.24) is 0 Å². The number of aryl methyl sites for hydroxylation is 1. The molecule has 0 spiro atoms. The van der Waals surface area contributed by atoms with Gasteiger partial charge in [-0.15, -0.1) is 0 Å². The van der Waals surface area contributed by atoms with E-state index < -0.39 is 23.8 Å². The highest BCUT2D eigenvalue weighted by atomic mass is 16.5. The third-order valence-electron chi connectivity index (χ3n) is 4.43. The molecule has 30 heavy (non-hydrogen) atoms. The van der Waals surface area contributed by atoms with Crippen LogP contribution in [-0.4, -0.2) is 38.0 Å². The maximum atomic E-state index is 12.2. The van der Waals surface area contributed by atoms with E-state index in [4.69, 9.17) is 0 Å². The quantitative estimate of drug-likeness (QED) is 0.473. The summed E-state index contributed by atoms with van der Waals surface area (Å²) in [7, 11) is 2.46. The molecule has 0 heterocycles. The Balaban J connectivity index is 3.19. The number of esters is 2. The Morgan fingerprint density at radius 3 is 1.90 bits per heavy atom. The lowest BCUT2D eigenvalue weighted by Crippen LogP contribution is -2.15. The fraction of sp³-hybridized carbons (Fsp3) is 0.364. The molecule has 2 N–H and O–H groups in total. The van der Waals surface area contributed by atoms with Gasteiger partial charge in [0, 0.05) is 35.7 Å². The summed E-state index contributed by atoms with van der Waals surface area (Å²) in [5.74, 6) is -2.18. The third kappa shape index (κ3) is 7.54. The van der Waals surface area contributed by atoms with Crippen molar-refractivity contribution >= 4 is 35.1 Å². The number of hydrogen-bond acceptors (Lipinski definition) is 6. The summed E-state index contributed by atoms with van der Waals surface area (Å²) in [5.41, 5.74) is 3.63. The van der Waals surface area contributed by atoms with Gasteiger partial charge in [-0.2, -0.15) is 0 Å². The lowest BCUT2D eigenvalue weighted by atomic mass is 9.97. The zero-order valence-corrected chi connectivity index (χ0v) is 18.0. The molecule has 0 saturated heterocycles. The van der Waals surface area contributed by atoms with Crippen molar-refractivity contribution in [2.75, 3.05) is 24.9 Å². The molecule has 162 valence electrons. The molecule has 0 radical (unpaired) electrons. The van der Waals surface area contributed by atoms with E-state index >= 15 is 0 Å². The zero-order chi connectivity index (χ0) is 22.7. The normalized spacial score (nSPS) is 10.8. The first-order valence-electron chi connectivity index (χ1n) is 9.50. The van der Waals surface area contributed by atoms with Crippen molar-refractivity contribution in [3.63, 3.8) is 0 Å². The number of anilines is 2. The summed E-state index contributed by atoms with van der Waals surface area (Å²) in [6, 6.07) is 1.81. The van der Waals surface area contributed by atoms with Crippen LogP contribution in [0.2, 0.25) is 0 Å². The first kappa shape index (κ1) is 24.6. The van der Waals surface area contributed by atoms with Crippen LogP contribution in [-0.2, 0) is 35.1 Å². The number of rotatable bonds is 9. The molecule has 0 aliphatic carbocycles. The SMILES string of the molecule is CCCCc1cc(NC(=O)/C=C\C(=O)OC)c(C)c(C)c1NC(=O)/C=C\C(=O)OC. The summed E-state index contributed by atoms with van der Waals surface area (Å²) in [6.07, 6.45) is 6.82. The Hall–Kier alpha value is -3.42. The highest BCUT2D eigenvalue weighted by Crippen LogP contribution is 2.31. The first-order chi connectivity index (χ1) is 14.2. The molecule has 8 heteroatoms. The molecule has 0 aliphatic heterocycles. The number of hydrogen-bond donors (Lipinski definition) is 2. The summed E-state index contributed by atoms with van der Waals surface area (Å²) >= 11 is 0. The molecular formula is C22H28N2O6. The second kappa shape index (κ2) is 12.2. The Bertz CT molecular complexity index is 871. The van der Waals surface area contributed by atoms with Gasteiger partial charge in [0.15, 0.2) is 0 Å². The molecule has 0 saturated carbocycles. The first-order valence-corrected chi connectivity index (χ1v) is 9.50. The standard InChI is InChI=1S/C22H28N2O6/c1-6-7-8-16-13-17(23-18(25)9-11-20(27)29-4)14(2)15(3)22(16)24-19(26)10-12-21(28)30-5/h9-13H,6-8H2,1-5H3,(H,23,25)(H,24,26)/b11-9-,12-10-. The maximum Gasteiger partial charge on any atom is 0.330 e. The van der Waals surface area contributed by atoms with E-state index in [1.807, 2.05) is 19.9 Å². The molecule has 0 atom stereocenters. The number of ether oxygens (including phenoxy) is 2. The summed E-state index contributed by atoms with van der Waals surface area (Å²) < 4.78 is 8.96. The van der Waals surface area contributed by atoms with Crippen molar-refractivity contribution in [2.24, 2.45) is 0 Å². The lowest BCUT2D eigenvalue weighted by Gasteiger charge is -2.19. The van der Waals surface area contributed by atoms with Gasteiger partial charge >= 0.3 is 11.9 Å². The van der Waals surface area contributed by atoms with E-state index in [0.29, 0.717) is 17.8 Å². The number of carbonyl (C=O) groups is 4. The van der Waals surface area contributed by atoms with Gasteiger partial charge in [-0.3, -0.25) is 9.59 Å². The monoisotopic (exact) mass is 416 g/mol. The van der Waals surface area contributed by atoms with Crippen LogP contribution in [0.15, 0.2) is 30.4 Å². The van der Waals surface area contributed by atoms with Crippen molar-refractivity contribution in [3.8, 4) is 0 Å². The summed E-state index contributed by atoms with van der Waals surface area (Å²) in [5, 5.41) is 5.57. The Kier molecular flexibility index (Phi) is 10.0. The molecule has 1 rings (SSSR count). The van der Waals surface area contributed by atoms with Crippen LogP contribution in [0.25, 0.3) is 0 Å². The van der Waals surface area contributed by atoms with E-state index in [1.165, 1.54) is 14.2 Å². The predicted octanol–water partition coefficient (Wildman–Crippen LogP) is 2.98. The van der Waals surface area contributed by atoms with Gasteiger partial charge in [-0.1, -0.05) is 13.3 Å². The molecule has 0 fully saturated rings. The van der Waals surface area contributed by atoms with Crippen LogP contribution >= 0.6 is 0 Å². The van der Waals surface area contributed by atoms with Crippen LogP contribution < -0.4 is 10.6 Å². The Morgan fingerprint density at radius 2 is 1.40 bits per heavy atom. The van der Waals surface area contributed by atoms with Gasteiger partial charge in [0.25, 0.3) is 0 Å². The van der Waals surface area contributed by atoms with Crippen LogP contribution in [0.5, 0.6) is 0 Å². The van der Waals surface area contributed by atoms with E-state index in [-0.39, 0.29) is 0 Å². The number of methoxy groups -OCH3 is 2. The topological polar surface area (TPSA) is 111 Å². The van der Waals surface area contributed by atoms with Gasteiger partial charge in [0.05, 0.1) is 14.2 Å². The number of unbranched alkanes of at least 4 members (excludes halogenated alkanes) is 1. The molecule has 0 unspecified atom stereocenters. The average Bonchev–Trinajstić information content (AvgIpc) is 2.74. The second-order valence-electron chi connectivity index (χ2n) is 6.50. The van der Waals surface area contributed by atoms with Gasteiger partial charge in [-0.05, 0) is 49.4 Å². The minimum atomic E-state index is -0.625. The number of benzene rings is 1. The van der Waals surface area contributed by atoms with Crippen LogP contribution in [0.1, 0.15) is 36.5 Å². The van der Waals surface area contributed by atoms with E-state index in [0.717, 1.165) is 53.8 Å². The average molecular weight is 416 g/mol. The van der Waals surface area contributed by atoms with Gasteiger partial charge in [-0.25, -0.2) is 9.59 Å². The Labute approximate surface area is 176 Å². The minimum Gasteiger partial charge on any atom is -0.466 e. The molecule has 1 aromatic rings. The van der Waals surface area contributed by atoms with E-state index in [2.05, 4.69) is 27.0 Å². The highest BCUT2D eigenvalue weighted by molar-refractivity contribution is 6.05. The van der Waals surface area contributed by atoms with Crippen LogP contribution in [0.3, 0.4) is 0 Å². The smallest absolute Gasteiger partial charge is 0.330 e. The van der Waals surface area contributed by atoms with Gasteiger partial charge in [0.1, 0.15) is 0 Å². The van der Waals surface area contributed by atoms with E-state index in [1.54, 1.807) is 0 Å². The van der Waals surface area contributed by atoms with Crippen molar-refractivity contribution in [2.45, 2.75) is 40.0 Å². The lowest BCUT2D eigenvalue weighted by molar-refractivity contribution is -0.135. The maximum absolute atomic E-state index is 12.2. The predicted molar refractivity (Wildman–Crippen MR) is 114 cm³/mol. The second-order valence-corrected chi connectivity index (χ2v) is 6.50. The van der Waals surface area contributed by atoms with Crippen LogP contribution in [0, 0.1) is 13.8 Å². The van der Waals surface area contributed by atoms with E-state index in [9.17, 15) is 19.2 Å². The number of nitrogens with one attached hydrogen (secondary N) is 2. The molecular weight excluding hydrogens is 388 g/mol. The fourth-order valence-electron chi connectivity index (χ4n) is 2.62. The fourth-order valence-corrected chi connectivity index (χ4v) is 2.62. The molecule has 0 bridgehead atoms. The molecule has 1 aromatic carbocycles. The molecule has 2 amide bonds. The summed E-state index contributed by atoms with van der Waals surface area (Å²) in [6.45, 7) is 5.71. The van der Waals surface area contributed by atoms with Crippen LogP contribution in [0.4, 0.5) is 11.4 Å². The van der Waals surface area contributed by atoms with Crippen molar-refractivity contribution < 1.29 is 28.7 Å². The molecule has 8 nitrogen and oxygen atoms in total. The zero-order valence-electron chi connectivity index (χ0n) is 18.0. The highest BCUT2D eigenvalue weighted by Gasteiger charge is 2.15. The molecule has 0 aliphatic rings. The summed E-state index contributed by atoms with van der Waals surface area (Å²) in [4.78, 5) is 46.7. The largest absolute Gasteiger partial charge is 0.466 e. The van der Waals surface area contributed by atoms with Crippen molar-refractivity contribution in [3.05, 3.63) is 47.1 Å². The number of amides is 2. The Morgan fingerprint density at radius 1 is 0.867 bits per heavy atom. The number of carbonyl (C=O) groups excluding carboxylic acids is 4. The minimum absolute atomic E-state index is 0.460. The molecule has 0 aromatic heterocycles.